The van der Waals surface area contributed by atoms with E-state index in [0.29, 0.717) is 22.1 Å². The van der Waals surface area contributed by atoms with Crippen LogP contribution in [0.15, 0.2) is 75.8 Å². The second-order valence-electron chi connectivity index (χ2n) is 7.89. The molecule has 4 aromatic rings. The molecule has 4 aromatic carbocycles. The van der Waals surface area contributed by atoms with Crippen molar-refractivity contribution in [2.75, 3.05) is 12.4 Å². The van der Waals surface area contributed by atoms with Gasteiger partial charge in [0, 0.05) is 16.5 Å². The van der Waals surface area contributed by atoms with E-state index in [-0.39, 0.29) is 32.7 Å². The molecule has 1 amide bonds. The van der Waals surface area contributed by atoms with Crippen LogP contribution in [0.25, 0.3) is 10.8 Å². The topological polar surface area (TPSA) is 138 Å². The van der Waals surface area contributed by atoms with Crippen LogP contribution in [0.2, 0.25) is 10.0 Å². The van der Waals surface area contributed by atoms with Crippen LogP contribution in [0.1, 0.15) is 15.9 Å². The van der Waals surface area contributed by atoms with Crippen molar-refractivity contribution in [3.05, 3.63) is 81.8 Å². The fraction of sp³-hybridized carbons (Fsp3) is 0.0800. The number of amides is 1. The van der Waals surface area contributed by atoms with Crippen molar-refractivity contribution < 1.29 is 27.6 Å². The quantitative estimate of drug-likeness (QED) is 0.170. The van der Waals surface area contributed by atoms with Gasteiger partial charge >= 0.3 is 0 Å². The molecule has 0 unspecified atom stereocenters. The number of methoxy groups -OCH3 is 1. The molecule has 4 rings (SSSR count). The van der Waals surface area contributed by atoms with Crippen LogP contribution in [0.5, 0.6) is 11.5 Å². The number of nitrogens with one attached hydrogen (secondary N) is 1. The standard InChI is InChI=1S/C25H19Cl2N3O6S/c1-13-9-21(22(12-18(13)26)37(33,34)35)29-30-23-16-6-4-3-5-14(16)10-17(24(23)31)25(32)28-20-8-7-15(36-2)11-19(20)27/h3-12,31H,1-2H3,(H,28,32)(H,33,34,35). The molecule has 3 N–H and O–H groups in total. The molecule has 190 valence electrons. The summed E-state index contributed by atoms with van der Waals surface area (Å²) in [7, 11) is -3.20. The summed E-state index contributed by atoms with van der Waals surface area (Å²) < 4.78 is 38.5. The number of aryl methyl sites for hydroxylation is 1. The van der Waals surface area contributed by atoms with Gasteiger partial charge < -0.3 is 15.2 Å². The Kier molecular flexibility index (Phi) is 7.37. The van der Waals surface area contributed by atoms with Crippen LogP contribution in [0.3, 0.4) is 0 Å². The lowest BCUT2D eigenvalue weighted by Gasteiger charge is -2.12. The first-order chi connectivity index (χ1) is 17.5. The first-order valence-corrected chi connectivity index (χ1v) is 12.8. The van der Waals surface area contributed by atoms with Crippen LogP contribution in [-0.2, 0) is 10.1 Å². The predicted octanol–water partition coefficient (Wildman–Crippen LogP) is 7.08. The second-order valence-corrected chi connectivity index (χ2v) is 10.1. The zero-order valence-corrected chi connectivity index (χ0v) is 21.7. The number of fused-ring (bicyclic) bond motifs is 1. The molecule has 0 aliphatic rings. The number of anilines is 1. The van der Waals surface area contributed by atoms with E-state index in [1.165, 1.54) is 25.3 Å². The van der Waals surface area contributed by atoms with E-state index < -0.39 is 26.7 Å². The minimum absolute atomic E-state index is 0.0852. The Bertz CT molecular complexity index is 1690. The first-order valence-electron chi connectivity index (χ1n) is 10.6. The maximum Gasteiger partial charge on any atom is 0.296 e. The molecule has 0 saturated heterocycles. The van der Waals surface area contributed by atoms with Crippen LogP contribution >= 0.6 is 23.2 Å². The molecule has 0 spiro atoms. The number of carbonyl (C=O) groups excluding carboxylic acids is 1. The van der Waals surface area contributed by atoms with Crippen molar-refractivity contribution in [1.82, 2.24) is 0 Å². The van der Waals surface area contributed by atoms with Crippen LogP contribution < -0.4 is 10.1 Å². The molecule has 0 fully saturated rings. The van der Waals surface area contributed by atoms with E-state index in [0.717, 1.165) is 6.07 Å². The van der Waals surface area contributed by atoms with Gasteiger partial charge in [0.25, 0.3) is 16.0 Å². The number of phenolic OH excluding ortho intramolecular Hbond substituents is 1. The zero-order valence-electron chi connectivity index (χ0n) is 19.4. The van der Waals surface area contributed by atoms with Crippen molar-refractivity contribution in [1.29, 1.82) is 0 Å². The van der Waals surface area contributed by atoms with Gasteiger partial charge in [0.15, 0.2) is 5.75 Å². The molecule has 0 aliphatic carbocycles. The SMILES string of the molecule is COc1ccc(NC(=O)c2cc3ccccc3c(N=Nc3cc(C)c(Cl)cc3S(=O)(=O)O)c2O)c(Cl)c1. The van der Waals surface area contributed by atoms with Crippen LogP contribution in [0.4, 0.5) is 17.1 Å². The van der Waals surface area contributed by atoms with E-state index in [9.17, 15) is 22.9 Å². The summed E-state index contributed by atoms with van der Waals surface area (Å²) in [6.07, 6.45) is 0. The number of carbonyl (C=O) groups is 1. The third-order valence-corrected chi connectivity index (χ3v) is 7.04. The van der Waals surface area contributed by atoms with Crippen LogP contribution in [0, 0.1) is 6.92 Å². The lowest BCUT2D eigenvalue weighted by Crippen LogP contribution is -2.12. The van der Waals surface area contributed by atoms with Gasteiger partial charge in [0.1, 0.15) is 22.0 Å². The molecule has 0 atom stereocenters. The molecule has 12 heteroatoms. The smallest absolute Gasteiger partial charge is 0.296 e. The highest BCUT2D eigenvalue weighted by Gasteiger charge is 2.21. The van der Waals surface area contributed by atoms with E-state index in [1.807, 2.05) is 0 Å². The third-order valence-electron chi connectivity index (χ3n) is 5.44. The molecule has 0 aromatic heterocycles. The van der Waals surface area contributed by atoms with E-state index in [1.54, 1.807) is 43.3 Å². The Balaban J connectivity index is 1.82. The molecule has 0 saturated carbocycles. The molecular weight excluding hydrogens is 541 g/mol. The lowest BCUT2D eigenvalue weighted by molar-refractivity contribution is 0.102. The summed E-state index contributed by atoms with van der Waals surface area (Å²) in [6.45, 7) is 1.62. The third kappa shape index (κ3) is 5.52. The number of hydrogen-bond donors (Lipinski definition) is 3. The van der Waals surface area contributed by atoms with Gasteiger partial charge in [0.05, 0.1) is 23.4 Å². The maximum absolute atomic E-state index is 13.1. The Hall–Kier alpha value is -3.70. The van der Waals surface area contributed by atoms with Gasteiger partial charge in [-0.25, -0.2) is 0 Å². The van der Waals surface area contributed by atoms with Crippen LogP contribution in [-0.4, -0.2) is 31.1 Å². The van der Waals surface area contributed by atoms with Crippen molar-refractivity contribution in [2.45, 2.75) is 11.8 Å². The minimum Gasteiger partial charge on any atom is -0.505 e. The zero-order chi connectivity index (χ0) is 26.9. The molecule has 0 radical (unpaired) electrons. The summed E-state index contributed by atoms with van der Waals surface area (Å²) in [5.41, 5.74) is 0.367. The van der Waals surface area contributed by atoms with Gasteiger partial charge in [-0.3, -0.25) is 9.35 Å². The van der Waals surface area contributed by atoms with Gasteiger partial charge in [-0.15, -0.1) is 10.2 Å². The molecule has 0 heterocycles. The number of azo groups is 1. The van der Waals surface area contributed by atoms with E-state index in [2.05, 4.69) is 15.5 Å². The number of aromatic hydroxyl groups is 1. The number of phenols is 1. The number of rotatable bonds is 6. The minimum atomic E-state index is -4.68. The maximum atomic E-state index is 13.1. The normalized spacial score (nSPS) is 11.7. The van der Waals surface area contributed by atoms with E-state index >= 15 is 0 Å². The average molecular weight is 560 g/mol. The lowest BCUT2D eigenvalue weighted by atomic mass is 10.0. The van der Waals surface area contributed by atoms with Gasteiger partial charge in [-0.1, -0.05) is 47.5 Å². The highest BCUT2D eigenvalue weighted by Crippen LogP contribution is 2.41. The van der Waals surface area contributed by atoms with Crippen molar-refractivity contribution >= 4 is 67.1 Å². The highest BCUT2D eigenvalue weighted by molar-refractivity contribution is 7.86. The highest BCUT2D eigenvalue weighted by atomic mass is 35.5. The Morgan fingerprint density at radius 1 is 1.00 bits per heavy atom. The number of halogens is 2. The summed E-state index contributed by atoms with van der Waals surface area (Å²) in [6, 6.07) is 15.4. The Morgan fingerprint density at radius 3 is 2.41 bits per heavy atom. The van der Waals surface area contributed by atoms with Crippen molar-refractivity contribution in [3.8, 4) is 11.5 Å². The molecule has 0 bridgehead atoms. The average Bonchev–Trinajstić information content (AvgIpc) is 2.85. The monoisotopic (exact) mass is 559 g/mol. The summed E-state index contributed by atoms with van der Waals surface area (Å²) >= 11 is 12.2. The second kappa shape index (κ2) is 10.3. The van der Waals surface area contributed by atoms with Crippen molar-refractivity contribution in [3.63, 3.8) is 0 Å². The van der Waals surface area contributed by atoms with Gasteiger partial charge in [-0.2, -0.15) is 8.42 Å². The molecular formula is C25H19Cl2N3O6S. The van der Waals surface area contributed by atoms with Gasteiger partial charge in [0.2, 0.25) is 0 Å². The first kappa shape index (κ1) is 26.4. The molecule has 37 heavy (non-hydrogen) atoms. The Labute approximate surface area is 222 Å². The summed E-state index contributed by atoms with van der Waals surface area (Å²) in [5, 5.41) is 23.1. The van der Waals surface area contributed by atoms with Crippen molar-refractivity contribution in [2.24, 2.45) is 10.2 Å². The number of ether oxygens (including phenoxy) is 1. The number of benzene rings is 4. The fourth-order valence-corrected chi connectivity index (χ4v) is 4.62. The molecule has 0 aliphatic heterocycles. The van der Waals surface area contributed by atoms with E-state index in [4.69, 9.17) is 27.9 Å². The predicted molar refractivity (Wildman–Crippen MR) is 142 cm³/mol. The summed E-state index contributed by atoms with van der Waals surface area (Å²) in [4.78, 5) is 12.6. The largest absolute Gasteiger partial charge is 0.505 e. The number of nitrogens with zero attached hydrogens (tertiary/aromatic N) is 2. The molecule has 9 nitrogen and oxygen atoms in total. The van der Waals surface area contributed by atoms with Gasteiger partial charge in [-0.05, 0) is 48.2 Å². The number of hydrogen-bond acceptors (Lipinski definition) is 7. The fourth-order valence-electron chi connectivity index (χ4n) is 3.54. The summed E-state index contributed by atoms with van der Waals surface area (Å²) in [5.74, 6) is -0.669. The Morgan fingerprint density at radius 2 is 1.73 bits per heavy atom.